The average Bonchev–Trinajstić information content (AvgIpc) is 2.88. The Morgan fingerprint density at radius 2 is 1.89 bits per heavy atom. The molecule has 0 radical (unpaired) electrons. The van der Waals surface area contributed by atoms with E-state index in [0.717, 1.165) is 47.1 Å². The van der Waals surface area contributed by atoms with Crippen LogP contribution in [0.25, 0.3) is 10.9 Å². The maximum atomic E-state index is 13.5. The number of aromatic nitrogens is 2. The summed E-state index contributed by atoms with van der Waals surface area (Å²) in [5.41, 5.74) is 2.06. The Hall–Kier alpha value is -3.32. The number of hydrogen-bond donors (Lipinski definition) is 0. The zero-order valence-corrected chi connectivity index (χ0v) is 20.7. The maximum Gasteiger partial charge on any atom is 0.282 e. The molecule has 1 aromatic heterocycles. The molecule has 0 atom stereocenters. The van der Waals surface area contributed by atoms with Gasteiger partial charge < -0.3 is 4.74 Å². The lowest BCUT2D eigenvalue weighted by Gasteiger charge is -2.22. The molecule has 0 N–H and O–H groups in total. The normalized spacial score (nSPS) is 14.6. The Kier molecular flexibility index (Phi) is 7.04. The number of benzene rings is 3. The number of fused-ring (bicyclic) bond motifs is 1. The third kappa shape index (κ3) is 5.51. The highest BCUT2D eigenvalue weighted by Gasteiger charge is 2.22. The van der Waals surface area contributed by atoms with Gasteiger partial charge in [0.25, 0.3) is 5.56 Å². The molecule has 1 heterocycles. The van der Waals surface area contributed by atoms with Crippen LogP contribution in [-0.4, -0.2) is 15.9 Å². The largest absolute Gasteiger partial charge is 0.489 e. The maximum absolute atomic E-state index is 13.5. The Morgan fingerprint density at radius 1 is 1.06 bits per heavy atom. The standard InChI is InChI=1S/C28H25BrFN3O2/c29-22-12-13-26-25(16-22)28(34)33(27(32-26)21-8-2-1-3-9-21)31-17-19-6-5-11-24(15-19)35-18-20-7-4-10-23(30)14-20/h4-7,10-17,21H,1-3,8-9,18H2. The first-order valence-corrected chi connectivity index (χ1v) is 12.6. The van der Waals surface area contributed by atoms with E-state index >= 15 is 0 Å². The molecule has 4 aromatic rings. The molecule has 1 aliphatic rings. The number of hydrogen-bond acceptors (Lipinski definition) is 4. The first kappa shape index (κ1) is 23.4. The van der Waals surface area contributed by atoms with Crippen LogP contribution < -0.4 is 10.3 Å². The average molecular weight is 534 g/mol. The van der Waals surface area contributed by atoms with Crippen molar-refractivity contribution in [2.24, 2.45) is 5.10 Å². The Bertz CT molecular complexity index is 1440. The van der Waals surface area contributed by atoms with Crippen LogP contribution >= 0.6 is 15.9 Å². The molecule has 0 saturated heterocycles. The van der Waals surface area contributed by atoms with E-state index in [1.165, 1.54) is 23.2 Å². The fraction of sp³-hybridized carbons (Fsp3) is 0.250. The predicted octanol–water partition coefficient (Wildman–Crippen LogP) is 6.81. The van der Waals surface area contributed by atoms with Crippen molar-refractivity contribution in [2.75, 3.05) is 0 Å². The van der Waals surface area contributed by atoms with E-state index in [-0.39, 0.29) is 23.9 Å². The van der Waals surface area contributed by atoms with E-state index in [1.54, 1.807) is 18.3 Å². The van der Waals surface area contributed by atoms with Gasteiger partial charge in [-0.15, -0.1) is 0 Å². The first-order valence-electron chi connectivity index (χ1n) is 11.8. The van der Waals surface area contributed by atoms with Crippen LogP contribution in [0.3, 0.4) is 0 Å². The van der Waals surface area contributed by atoms with Crippen molar-refractivity contribution in [1.82, 2.24) is 9.66 Å². The molecule has 1 saturated carbocycles. The van der Waals surface area contributed by atoms with Crippen molar-refractivity contribution >= 4 is 33.0 Å². The third-order valence-electron chi connectivity index (χ3n) is 6.28. The van der Waals surface area contributed by atoms with E-state index in [9.17, 15) is 9.18 Å². The summed E-state index contributed by atoms with van der Waals surface area (Å²) in [5, 5.41) is 5.13. The molecule has 7 heteroatoms. The summed E-state index contributed by atoms with van der Waals surface area (Å²) in [6.07, 6.45) is 7.16. The van der Waals surface area contributed by atoms with Gasteiger partial charge >= 0.3 is 0 Å². The Balaban J connectivity index is 1.45. The highest BCUT2D eigenvalue weighted by Crippen LogP contribution is 2.32. The minimum Gasteiger partial charge on any atom is -0.489 e. The second-order valence-corrected chi connectivity index (χ2v) is 9.73. The van der Waals surface area contributed by atoms with Gasteiger partial charge in [0, 0.05) is 10.4 Å². The molecular weight excluding hydrogens is 509 g/mol. The van der Waals surface area contributed by atoms with Gasteiger partial charge in [-0.3, -0.25) is 4.79 Å². The van der Waals surface area contributed by atoms with E-state index in [1.807, 2.05) is 42.5 Å². The van der Waals surface area contributed by atoms with Crippen LogP contribution in [0.2, 0.25) is 0 Å². The van der Waals surface area contributed by atoms with E-state index in [2.05, 4.69) is 21.0 Å². The molecule has 178 valence electrons. The molecule has 0 unspecified atom stereocenters. The number of nitrogens with zero attached hydrogens (tertiary/aromatic N) is 3. The third-order valence-corrected chi connectivity index (χ3v) is 6.77. The van der Waals surface area contributed by atoms with Crippen LogP contribution in [0.15, 0.2) is 81.1 Å². The second kappa shape index (κ2) is 10.5. The van der Waals surface area contributed by atoms with E-state index in [0.29, 0.717) is 16.7 Å². The van der Waals surface area contributed by atoms with E-state index < -0.39 is 0 Å². The lowest BCUT2D eigenvalue weighted by molar-refractivity contribution is 0.305. The summed E-state index contributed by atoms with van der Waals surface area (Å²) in [6, 6.07) is 19.4. The molecule has 5 rings (SSSR count). The molecule has 1 fully saturated rings. The molecular formula is C28H25BrFN3O2. The van der Waals surface area contributed by atoms with Crippen LogP contribution in [0, 0.1) is 5.82 Å². The van der Waals surface area contributed by atoms with Crippen LogP contribution in [-0.2, 0) is 6.61 Å². The number of ether oxygens (including phenoxy) is 1. The Labute approximate surface area is 211 Å². The lowest BCUT2D eigenvalue weighted by atomic mass is 9.88. The van der Waals surface area contributed by atoms with Crippen molar-refractivity contribution in [1.29, 1.82) is 0 Å². The lowest BCUT2D eigenvalue weighted by Crippen LogP contribution is -2.25. The van der Waals surface area contributed by atoms with Gasteiger partial charge in [0.15, 0.2) is 0 Å². The SMILES string of the molecule is O=c1c2cc(Br)ccc2nc(C2CCCCC2)n1N=Cc1cccc(OCc2cccc(F)c2)c1. The molecule has 3 aromatic carbocycles. The zero-order chi connectivity index (χ0) is 24.2. The topological polar surface area (TPSA) is 56.5 Å². The van der Waals surface area contributed by atoms with Gasteiger partial charge in [-0.25, -0.2) is 9.37 Å². The summed E-state index contributed by atoms with van der Waals surface area (Å²) in [6.45, 7) is 0.257. The van der Waals surface area contributed by atoms with Crippen LogP contribution in [0.4, 0.5) is 4.39 Å². The highest BCUT2D eigenvalue weighted by atomic mass is 79.9. The van der Waals surface area contributed by atoms with Crippen molar-refractivity contribution in [3.8, 4) is 5.75 Å². The van der Waals surface area contributed by atoms with Crippen molar-refractivity contribution in [3.63, 3.8) is 0 Å². The predicted molar refractivity (Wildman–Crippen MR) is 140 cm³/mol. The summed E-state index contributed by atoms with van der Waals surface area (Å²) in [5.74, 6) is 1.28. The Morgan fingerprint density at radius 3 is 2.71 bits per heavy atom. The molecule has 35 heavy (non-hydrogen) atoms. The van der Waals surface area contributed by atoms with Crippen molar-refractivity contribution < 1.29 is 9.13 Å². The molecule has 1 aliphatic carbocycles. The fourth-order valence-corrected chi connectivity index (χ4v) is 4.87. The highest BCUT2D eigenvalue weighted by molar-refractivity contribution is 9.10. The second-order valence-electron chi connectivity index (χ2n) is 8.82. The molecule has 0 aliphatic heterocycles. The van der Waals surface area contributed by atoms with Gasteiger partial charge in [0.1, 0.15) is 24.0 Å². The molecule has 0 spiro atoms. The summed E-state index contributed by atoms with van der Waals surface area (Å²) in [4.78, 5) is 18.3. The van der Waals surface area contributed by atoms with Gasteiger partial charge in [0.05, 0.1) is 17.1 Å². The molecule has 5 nitrogen and oxygen atoms in total. The van der Waals surface area contributed by atoms with Gasteiger partial charge in [-0.1, -0.05) is 59.5 Å². The molecule has 0 bridgehead atoms. The monoisotopic (exact) mass is 533 g/mol. The van der Waals surface area contributed by atoms with Crippen LogP contribution in [0.1, 0.15) is 55.0 Å². The molecule has 0 amide bonds. The minimum absolute atomic E-state index is 0.174. The van der Waals surface area contributed by atoms with E-state index in [4.69, 9.17) is 9.72 Å². The van der Waals surface area contributed by atoms with Crippen LogP contribution in [0.5, 0.6) is 5.75 Å². The summed E-state index contributed by atoms with van der Waals surface area (Å²) < 4.78 is 21.6. The van der Waals surface area contributed by atoms with Gasteiger partial charge in [0.2, 0.25) is 0 Å². The summed E-state index contributed by atoms with van der Waals surface area (Å²) in [7, 11) is 0. The summed E-state index contributed by atoms with van der Waals surface area (Å²) >= 11 is 3.46. The van der Waals surface area contributed by atoms with Crippen molar-refractivity contribution in [2.45, 2.75) is 44.6 Å². The van der Waals surface area contributed by atoms with Gasteiger partial charge in [-0.05, 0) is 66.4 Å². The number of rotatable bonds is 6. The minimum atomic E-state index is -0.290. The quantitative estimate of drug-likeness (QED) is 0.256. The van der Waals surface area contributed by atoms with Gasteiger partial charge in [-0.2, -0.15) is 9.78 Å². The fourth-order valence-electron chi connectivity index (χ4n) is 4.51. The zero-order valence-electron chi connectivity index (χ0n) is 19.2. The number of halogens is 2. The van der Waals surface area contributed by atoms with Crippen molar-refractivity contribution in [3.05, 3.63) is 104 Å². The smallest absolute Gasteiger partial charge is 0.282 e. The first-order chi connectivity index (χ1) is 17.1.